The van der Waals surface area contributed by atoms with Gasteiger partial charge in [0.2, 0.25) is 0 Å². The van der Waals surface area contributed by atoms with Crippen LogP contribution in [0.25, 0.3) is 0 Å². The van der Waals surface area contributed by atoms with Gasteiger partial charge in [0.05, 0.1) is 6.04 Å². The van der Waals surface area contributed by atoms with Gasteiger partial charge in [-0.2, -0.15) is 0 Å². The minimum absolute atomic E-state index is 0.150. The van der Waals surface area contributed by atoms with Crippen LogP contribution in [0.15, 0.2) is 36.5 Å². The number of ether oxygens (including phenoxy) is 1. The van der Waals surface area contributed by atoms with Crippen molar-refractivity contribution in [2.75, 3.05) is 6.61 Å². The van der Waals surface area contributed by atoms with Crippen molar-refractivity contribution < 1.29 is 19.1 Å². The van der Waals surface area contributed by atoms with E-state index < -0.39 is 18.5 Å². The molecule has 0 unspecified atom stereocenters. The van der Waals surface area contributed by atoms with Crippen LogP contribution in [-0.2, 0) is 16.6 Å². The van der Waals surface area contributed by atoms with Gasteiger partial charge in [0.25, 0.3) is 5.91 Å². The van der Waals surface area contributed by atoms with Crippen molar-refractivity contribution in [3.8, 4) is 0 Å². The van der Waals surface area contributed by atoms with Crippen LogP contribution < -0.4 is 5.32 Å². The normalized spacial score (nSPS) is 11.7. The van der Waals surface area contributed by atoms with E-state index in [2.05, 4.69) is 5.32 Å². The minimum Gasteiger partial charge on any atom is -0.451 e. The number of nitrogens with one attached hydrogen (secondary N) is 1. The lowest BCUT2D eigenvalue weighted by Crippen LogP contribution is -2.31. The first-order valence-corrected chi connectivity index (χ1v) is 8.05. The van der Waals surface area contributed by atoms with Crippen LogP contribution in [0.2, 0.25) is 5.02 Å². The third-order valence-electron chi connectivity index (χ3n) is 3.68. The number of hydrogen-bond donors (Lipinski definition) is 1. The fourth-order valence-corrected chi connectivity index (χ4v) is 2.51. The molecule has 1 atom stereocenters. The smallest absolute Gasteiger partial charge is 0.355 e. The van der Waals surface area contributed by atoms with Gasteiger partial charge < -0.3 is 14.6 Å². The Bertz CT molecular complexity index is 813. The van der Waals surface area contributed by atoms with E-state index in [1.54, 1.807) is 31.4 Å². The van der Waals surface area contributed by atoms with Crippen LogP contribution in [0, 0.1) is 0 Å². The number of carbonyl (C=O) groups is 3. The van der Waals surface area contributed by atoms with Gasteiger partial charge in [-0.05, 0) is 37.6 Å². The van der Waals surface area contributed by atoms with Crippen LogP contribution in [0.1, 0.15) is 46.3 Å². The summed E-state index contributed by atoms with van der Waals surface area (Å²) < 4.78 is 6.51. The highest BCUT2D eigenvalue weighted by molar-refractivity contribution is 6.30. The molecule has 1 aromatic heterocycles. The first kappa shape index (κ1) is 18.7. The Morgan fingerprint density at radius 2 is 2.00 bits per heavy atom. The van der Waals surface area contributed by atoms with Gasteiger partial charge >= 0.3 is 5.97 Å². The van der Waals surface area contributed by atoms with E-state index in [1.165, 1.54) is 17.6 Å². The number of hydrogen-bond acceptors (Lipinski definition) is 4. The number of carbonyl (C=O) groups excluding carboxylic acids is 3. The maximum atomic E-state index is 12.1. The number of nitrogens with zero attached hydrogens (tertiary/aromatic N) is 1. The summed E-state index contributed by atoms with van der Waals surface area (Å²) in [5, 5.41) is 3.31. The Labute approximate surface area is 150 Å². The zero-order valence-corrected chi connectivity index (χ0v) is 15.0. The average molecular weight is 363 g/mol. The molecule has 0 saturated heterocycles. The highest BCUT2D eigenvalue weighted by Crippen LogP contribution is 2.17. The van der Waals surface area contributed by atoms with E-state index in [0.717, 1.165) is 5.56 Å². The molecule has 1 amide bonds. The second-order valence-electron chi connectivity index (χ2n) is 5.70. The Kier molecular flexibility index (Phi) is 5.98. The van der Waals surface area contributed by atoms with Crippen molar-refractivity contribution in [1.29, 1.82) is 0 Å². The van der Waals surface area contributed by atoms with Crippen LogP contribution >= 0.6 is 11.6 Å². The monoisotopic (exact) mass is 362 g/mol. The molecule has 25 heavy (non-hydrogen) atoms. The summed E-state index contributed by atoms with van der Waals surface area (Å²) in [6, 6.07) is 8.31. The van der Waals surface area contributed by atoms with Crippen molar-refractivity contribution in [3.05, 3.63) is 58.4 Å². The van der Waals surface area contributed by atoms with Gasteiger partial charge in [-0.15, -0.1) is 0 Å². The second kappa shape index (κ2) is 7.98. The molecular formula is C18H19ClN2O4. The van der Waals surface area contributed by atoms with Crippen LogP contribution in [-0.4, -0.2) is 28.8 Å². The highest BCUT2D eigenvalue weighted by Gasteiger charge is 2.17. The Hall–Kier alpha value is -2.60. The molecule has 6 nitrogen and oxygen atoms in total. The number of amides is 1. The summed E-state index contributed by atoms with van der Waals surface area (Å²) in [6.45, 7) is 2.81. The molecule has 1 heterocycles. The molecule has 0 bridgehead atoms. The van der Waals surface area contributed by atoms with E-state index in [4.69, 9.17) is 16.3 Å². The Morgan fingerprint density at radius 3 is 2.60 bits per heavy atom. The summed E-state index contributed by atoms with van der Waals surface area (Å²) in [7, 11) is 1.63. The number of ketones is 1. The van der Waals surface area contributed by atoms with Crippen molar-refractivity contribution in [2.24, 2.45) is 7.05 Å². The third kappa shape index (κ3) is 4.93. The first-order chi connectivity index (χ1) is 11.8. The lowest BCUT2D eigenvalue weighted by Gasteiger charge is -2.14. The second-order valence-corrected chi connectivity index (χ2v) is 6.14. The number of aromatic nitrogens is 1. The van der Waals surface area contributed by atoms with E-state index in [0.29, 0.717) is 10.6 Å². The largest absolute Gasteiger partial charge is 0.451 e. The standard InChI is InChI=1S/C18H19ClN2O4/c1-11(13-5-4-6-15(19)7-13)20-17(23)10-25-18(24)16-8-14(12(2)22)9-21(16)3/h4-9,11H,10H2,1-3H3,(H,20,23)/t11-/m0/s1. The quantitative estimate of drug-likeness (QED) is 0.633. The first-order valence-electron chi connectivity index (χ1n) is 7.67. The fourth-order valence-electron chi connectivity index (χ4n) is 2.31. The molecule has 0 spiro atoms. The van der Waals surface area contributed by atoms with Gasteiger partial charge in [-0.3, -0.25) is 9.59 Å². The van der Waals surface area contributed by atoms with Crippen LogP contribution in [0.4, 0.5) is 0 Å². The highest BCUT2D eigenvalue weighted by atomic mass is 35.5. The Balaban J connectivity index is 1.91. The number of halogens is 1. The predicted molar refractivity (Wildman–Crippen MR) is 93.7 cm³/mol. The number of aryl methyl sites for hydroxylation is 1. The van der Waals surface area contributed by atoms with E-state index in [-0.39, 0.29) is 17.5 Å². The number of esters is 1. The Morgan fingerprint density at radius 1 is 1.28 bits per heavy atom. The predicted octanol–water partition coefficient (Wildman–Crippen LogP) is 2.92. The van der Waals surface area contributed by atoms with Crippen LogP contribution in [0.3, 0.4) is 0 Å². The number of Topliss-reactive ketones (excluding diaryl/α,β-unsaturated/α-hetero) is 1. The molecule has 0 aliphatic rings. The maximum Gasteiger partial charge on any atom is 0.355 e. The van der Waals surface area contributed by atoms with Crippen molar-refractivity contribution in [1.82, 2.24) is 9.88 Å². The molecule has 0 fully saturated rings. The number of benzene rings is 1. The zero-order valence-electron chi connectivity index (χ0n) is 14.2. The van der Waals surface area contributed by atoms with Gasteiger partial charge in [0.1, 0.15) is 5.69 Å². The number of rotatable bonds is 6. The summed E-state index contributed by atoms with van der Waals surface area (Å²) in [6.07, 6.45) is 1.54. The molecule has 0 saturated carbocycles. The van der Waals surface area contributed by atoms with Gasteiger partial charge in [-0.25, -0.2) is 4.79 Å². The SMILES string of the molecule is CC(=O)c1cc(C(=O)OCC(=O)N[C@@H](C)c2cccc(Cl)c2)n(C)c1. The molecule has 132 valence electrons. The molecule has 0 aliphatic carbocycles. The minimum atomic E-state index is -0.666. The summed E-state index contributed by atoms with van der Waals surface area (Å²) in [4.78, 5) is 35.4. The van der Waals surface area contributed by atoms with Crippen LogP contribution in [0.5, 0.6) is 0 Å². The zero-order chi connectivity index (χ0) is 18.6. The van der Waals surface area contributed by atoms with Crippen molar-refractivity contribution in [2.45, 2.75) is 19.9 Å². The molecule has 2 rings (SSSR count). The van der Waals surface area contributed by atoms with E-state index in [1.807, 2.05) is 13.0 Å². The molecule has 2 aromatic rings. The summed E-state index contributed by atoms with van der Waals surface area (Å²) in [5.74, 6) is -1.25. The molecule has 1 aromatic carbocycles. The van der Waals surface area contributed by atoms with Gasteiger partial charge in [0, 0.05) is 23.8 Å². The average Bonchev–Trinajstić information content (AvgIpc) is 2.95. The van der Waals surface area contributed by atoms with E-state index in [9.17, 15) is 14.4 Å². The molecule has 0 radical (unpaired) electrons. The lowest BCUT2D eigenvalue weighted by atomic mass is 10.1. The lowest BCUT2D eigenvalue weighted by molar-refractivity contribution is -0.124. The molecule has 0 aliphatic heterocycles. The van der Waals surface area contributed by atoms with Crippen molar-refractivity contribution >= 4 is 29.3 Å². The van der Waals surface area contributed by atoms with Gasteiger partial charge in [0.15, 0.2) is 12.4 Å². The maximum absolute atomic E-state index is 12.1. The summed E-state index contributed by atoms with van der Waals surface area (Å²) >= 11 is 5.93. The van der Waals surface area contributed by atoms with E-state index >= 15 is 0 Å². The van der Waals surface area contributed by atoms with Crippen molar-refractivity contribution in [3.63, 3.8) is 0 Å². The third-order valence-corrected chi connectivity index (χ3v) is 3.92. The molecule has 7 heteroatoms. The van der Waals surface area contributed by atoms with Gasteiger partial charge in [-0.1, -0.05) is 23.7 Å². The molecular weight excluding hydrogens is 344 g/mol. The fraction of sp³-hybridized carbons (Fsp3) is 0.278. The molecule has 1 N–H and O–H groups in total. The summed E-state index contributed by atoms with van der Waals surface area (Å²) in [5.41, 5.74) is 1.47. The topological polar surface area (TPSA) is 77.4 Å².